The predicted octanol–water partition coefficient (Wildman–Crippen LogP) is 4.12. The first-order chi connectivity index (χ1) is 9.36. The van der Waals surface area contributed by atoms with Gasteiger partial charge in [0.2, 0.25) is 0 Å². The van der Waals surface area contributed by atoms with Crippen LogP contribution in [0.4, 0.5) is 11.4 Å². The molecule has 0 aliphatic heterocycles. The minimum Gasteiger partial charge on any atom is -0.380 e. The fraction of sp³-hybridized carbons (Fsp3) is 0.438. The lowest BCUT2D eigenvalue weighted by Gasteiger charge is -2.14. The van der Waals surface area contributed by atoms with Crippen molar-refractivity contribution in [3.05, 3.63) is 40.3 Å². The molecule has 1 aromatic heterocycles. The van der Waals surface area contributed by atoms with E-state index in [2.05, 4.69) is 60.2 Å². The maximum absolute atomic E-state index is 4.51. The van der Waals surface area contributed by atoms with Gasteiger partial charge >= 0.3 is 0 Å². The Labute approximate surface area is 125 Å². The molecule has 0 amide bonds. The van der Waals surface area contributed by atoms with E-state index in [1.807, 2.05) is 20.3 Å². The first kappa shape index (κ1) is 14.9. The summed E-state index contributed by atoms with van der Waals surface area (Å²) in [5.41, 5.74) is 2.49. The Morgan fingerprint density at radius 3 is 2.30 bits per heavy atom. The van der Waals surface area contributed by atoms with E-state index in [0.29, 0.717) is 0 Å². The van der Waals surface area contributed by atoms with E-state index in [1.165, 1.54) is 15.6 Å². The van der Waals surface area contributed by atoms with Crippen molar-refractivity contribution in [2.75, 3.05) is 24.3 Å². The zero-order chi connectivity index (χ0) is 14.8. The molecule has 0 bridgehead atoms. The highest BCUT2D eigenvalue weighted by Crippen LogP contribution is 2.27. The monoisotopic (exact) mass is 289 g/mol. The van der Waals surface area contributed by atoms with Crippen LogP contribution in [-0.4, -0.2) is 19.1 Å². The highest BCUT2D eigenvalue weighted by molar-refractivity contribution is 7.11. The fourth-order valence-electron chi connectivity index (χ4n) is 1.80. The number of anilines is 2. The molecule has 2 rings (SSSR count). The molecule has 0 fully saturated rings. The van der Waals surface area contributed by atoms with Gasteiger partial charge in [0.1, 0.15) is 0 Å². The maximum Gasteiger partial charge on any atom is 0.0981 e. The Bertz CT molecular complexity index is 550. The van der Waals surface area contributed by atoms with E-state index in [0.717, 1.165) is 12.2 Å². The summed E-state index contributed by atoms with van der Waals surface area (Å²) in [6.45, 7) is 7.42. The lowest BCUT2D eigenvalue weighted by molar-refractivity contribution is 0.585. The fourth-order valence-corrected chi connectivity index (χ4v) is 2.71. The lowest BCUT2D eigenvalue weighted by atomic mass is 9.98. The molecule has 0 spiro atoms. The largest absolute Gasteiger partial charge is 0.380 e. The number of thiazole rings is 1. The Morgan fingerprint density at radius 1 is 1.15 bits per heavy atom. The second-order valence-corrected chi connectivity index (χ2v) is 7.29. The van der Waals surface area contributed by atoms with Crippen LogP contribution in [0.15, 0.2) is 30.5 Å². The van der Waals surface area contributed by atoms with Crippen LogP contribution < -0.4 is 10.2 Å². The van der Waals surface area contributed by atoms with Gasteiger partial charge in [-0.25, -0.2) is 4.98 Å². The standard InChI is InChI=1S/C16H23N3S/c1-16(2,3)15-18-11-14(20-15)10-17-12-6-8-13(9-7-12)19(4)5/h6-9,11,17H,10H2,1-5H3. The molecule has 0 aliphatic carbocycles. The van der Waals surface area contributed by atoms with Gasteiger partial charge in [-0.2, -0.15) is 0 Å². The van der Waals surface area contributed by atoms with Crippen molar-refractivity contribution in [2.24, 2.45) is 0 Å². The number of aromatic nitrogens is 1. The quantitative estimate of drug-likeness (QED) is 0.917. The highest BCUT2D eigenvalue weighted by atomic mass is 32.1. The molecule has 0 radical (unpaired) electrons. The van der Waals surface area contributed by atoms with Crippen molar-refractivity contribution in [1.82, 2.24) is 4.98 Å². The molecule has 20 heavy (non-hydrogen) atoms. The summed E-state index contributed by atoms with van der Waals surface area (Å²) in [5, 5.41) is 4.64. The van der Waals surface area contributed by atoms with Crippen LogP contribution >= 0.6 is 11.3 Å². The van der Waals surface area contributed by atoms with E-state index < -0.39 is 0 Å². The van der Waals surface area contributed by atoms with E-state index in [9.17, 15) is 0 Å². The number of hydrogen-bond donors (Lipinski definition) is 1. The minimum absolute atomic E-state index is 0.135. The second-order valence-electron chi connectivity index (χ2n) is 6.18. The first-order valence-corrected chi connectivity index (χ1v) is 7.64. The summed E-state index contributed by atoms with van der Waals surface area (Å²) in [7, 11) is 4.10. The van der Waals surface area contributed by atoms with Crippen molar-refractivity contribution in [3.63, 3.8) is 0 Å². The SMILES string of the molecule is CN(C)c1ccc(NCc2cnc(C(C)(C)C)s2)cc1. The van der Waals surface area contributed by atoms with Crippen LogP contribution in [0, 0.1) is 0 Å². The molecule has 1 aromatic carbocycles. The number of benzene rings is 1. The highest BCUT2D eigenvalue weighted by Gasteiger charge is 2.17. The smallest absolute Gasteiger partial charge is 0.0981 e. The van der Waals surface area contributed by atoms with E-state index in [4.69, 9.17) is 0 Å². The molecule has 4 heteroatoms. The Kier molecular flexibility index (Phi) is 4.33. The van der Waals surface area contributed by atoms with Crippen molar-refractivity contribution in [1.29, 1.82) is 0 Å². The molecule has 0 saturated carbocycles. The summed E-state index contributed by atoms with van der Waals surface area (Å²) in [6.07, 6.45) is 1.98. The predicted molar refractivity (Wildman–Crippen MR) is 88.9 cm³/mol. The number of rotatable bonds is 4. The maximum atomic E-state index is 4.51. The van der Waals surface area contributed by atoms with Crippen molar-refractivity contribution < 1.29 is 0 Å². The van der Waals surface area contributed by atoms with Gasteiger partial charge in [-0.3, -0.25) is 0 Å². The average molecular weight is 289 g/mol. The molecule has 3 nitrogen and oxygen atoms in total. The third-order valence-electron chi connectivity index (χ3n) is 3.05. The van der Waals surface area contributed by atoms with Gasteiger partial charge in [-0.15, -0.1) is 11.3 Å². The van der Waals surface area contributed by atoms with Gasteiger partial charge in [-0.1, -0.05) is 20.8 Å². The molecule has 2 aromatic rings. The molecule has 0 atom stereocenters. The Hall–Kier alpha value is -1.55. The van der Waals surface area contributed by atoms with Crippen LogP contribution in [0.2, 0.25) is 0 Å². The van der Waals surface area contributed by atoms with Gasteiger partial charge in [0.15, 0.2) is 0 Å². The Morgan fingerprint density at radius 2 is 1.80 bits per heavy atom. The molecule has 0 aliphatic rings. The molecular formula is C16H23N3S. The number of hydrogen-bond acceptors (Lipinski definition) is 4. The van der Waals surface area contributed by atoms with Crippen LogP contribution in [0.1, 0.15) is 30.7 Å². The summed E-state index contributed by atoms with van der Waals surface area (Å²) in [4.78, 5) is 7.88. The van der Waals surface area contributed by atoms with Crippen LogP contribution in [0.3, 0.4) is 0 Å². The normalized spacial score (nSPS) is 11.4. The second kappa shape index (κ2) is 5.83. The zero-order valence-electron chi connectivity index (χ0n) is 12.9. The number of nitrogens with zero attached hydrogens (tertiary/aromatic N) is 2. The molecule has 108 valence electrons. The van der Waals surface area contributed by atoms with E-state index in [1.54, 1.807) is 11.3 Å². The summed E-state index contributed by atoms with van der Waals surface area (Å²) >= 11 is 1.79. The molecule has 1 heterocycles. The Balaban J connectivity index is 1.96. The minimum atomic E-state index is 0.135. The third-order valence-corrected chi connectivity index (χ3v) is 4.47. The zero-order valence-corrected chi connectivity index (χ0v) is 13.7. The number of nitrogens with one attached hydrogen (secondary N) is 1. The molecule has 0 unspecified atom stereocenters. The van der Waals surface area contributed by atoms with Gasteiger partial charge in [0.05, 0.1) is 11.6 Å². The molecule has 0 saturated heterocycles. The summed E-state index contributed by atoms with van der Waals surface area (Å²) in [6, 6.07) is 8.47. The summed E-state index contributed by atoms with van der Waals surface area (Å²) < 4.78 is 0. The van der Waals surface area contributed by atoms with Gasteiger partial charge in [0.25, 0.3) is 0 Å². The van der Waals surface area contributed by atoms with E-state index >= 15 is 0 Å². The third kappa shape index (κ3) is 3.73. The first-order valence-electron chi connectivity index (χ1n) is 6.83. The molecular weight excluding hydrogens is 266 g/mol. The van der Waals surface area contributed by atoms with Crippen molar-refractivity contribution >= 4 is 22.7 Å². The van der Waals surface area contributed by atoms with Crippen molar-refractivity contribution in [3.8, 4) is 0 Å². The van der Waals surface area contributed by atoms with Gasteiger partial charge in [0, 0.05) is 42.0 Å². The lowest BCUT2D eigenvalue weighted by Crippen LogP contribution is -2.09. The molecule has 1 N–H and O–H groups in total. The average Bonchev–Trinajstić information content (AvgIpc) is 2.85. The summed E-state index contributed by atoms with van der Waals surface area (Å²) in [5.74, 6) is 0. The topological polar surface area (TPSA) is 28.2 Å². The van der Waals surface area contributed by atoms with Gasteiger partial charge < -0.3 is 10.2 Å². The van der Waals surface area contributed by atoms with Crippen LogP contribution in [0.25, 0.3) is 0 Å². The van der Waals surface area contributed by atoms with Crippen LogP contribution in [-0.2, 0) is 12.0 Å². The van der Waals surface area contributed by atoms with Crippen LogP contribution in [0.5, 0.6) is 0 Å². The van der Waals surface area contributed by atoms with Crippen molar-refractivity contribution in [2.45, 2.75) is 32.7 Å². The van der Waals surface area contributed by atoms with Gasteiger partial charge in [-0.05, 0) is 24.3 Å². The van der Waals surface area contributed by atoms with E-state index in [-0.39, 0.29) is 5.41 Å².